The summed E-state index contributed by atoms with van der Waals surface area (Å²) in [5, 5.41) is 5.69. The van der Waals surface area contributed by atoms with E-state index in [0.29, 0.717) is 0 Å². The van der Waals surface area contributed by atoms with Gasteiger partial charge in [0.1, 0.15) is 0 Å². The fourth-order valence-electron chi connectivity index (χ4n) is 3.35. The summed E-state index contributed by atoms with van der Waals surface area (Å²) in [6.45, 7) is 0. The quantitative estimate of drug-likeness (QED) is 0.906. The van der Waals surface area contributed by atoms with Gasteiger partial charge in [0.25, 0.3) is 5.56 Å². The molecule has 0 bridgehead atoms. The van der Waals surface area contributed by atoms with Gasteiger partial charge in [-0.15, -0.1) is 0 Å². The first-order chi connectivity index (χ1) is 11.6. The van der Waals surface area contributed by atoms with E-state index in [9.17, 15) is 9.59 Å². The molecule has 1 heterocycles. The van der Waals surface area contributed by atoms with Gasteiger partial charge in [0.15, 0.2) is 0 Å². The maximum Gasteiger partial charge on any atom is 0.320 e. The molecule has 0 atom stereocenters. The van der Waals surface area contributed by atoms with Crippen LogP contribution < -0.4 is 16.2 Å². The summed E-state index contributed by atoms with van der Waals surface area (Å²) in [5.41, 5.74) is 0.621. The molecule has 1 aromatic carbocycles. The number of benzene rings is 1. The third kappa shape index (κ3) is 3.64. The lowest BCUT2D eigenvalue weighted by molar-refractivity contribution is 0.235. The number of nitrogens with zero attached hydrogens (tertiary/aromatic N) is 2. The number of rotatable bonds is 4. The molecule has 0 radical (unpaired) electrons. The molecular formula is C18H22N4O2. The van der Waals surface area contributed by atoms with Crippen molar-refractivity contribution in [1.82, 2.24) is 14.9 Å². The van der Waals surface area contributed by atoms with E-state index in [1.807, 2.05) is 18.2 Å². The Hall–Kier alpha value is -2.63. The summed E-state index contributed by atoms with van der Waals surface area (Å²) in [5.74, 6) is 0.0466. The second-order valence-corrected chi connectivity index (χ2v) is 6.42. The fourth-order valence-corrected chi connectivity index (χ4v) is 3.35. The molecule has 0 spiro atoms. The van der Waals surface area contributed by atoms with Crippen LogP contribution in [-0.2, 0) is 13.5 Å². The Bertz CT molecular complexity index is 764. The maximum atomic E-state index is 12.4. The molecule has 24 heavy (non-hydrogen) atoms. The van der Waals surface area contributed by atoms with Crippen LogP contribution >= 0.6 is 0 Å². The number of amides is 2. The lowest BCUT2D eigenvalue weighted by atomic mass is 9.89. The third-order valence-corrected chi connectivity index (χ3v) is 4.57. The molecule has 2 amide bonds. The van der Waals surface area contributed by atoms with Gasteiger partial charge < -0.3 is 9.88 Å². The topological polar surface area (TPSA) is 76.0 Å². The minimum Gasteiger partial charge on any atom is -0.332 e. The third-order valence-electron chi connectivity index (χ3n) is 4.57. The number of aromatic nitrogens is 2. The summed E-state index contributed by atoms with van der Waals surface area (Å²) in [4.78, 5) is 28.3. The Morgan fingerprint density at radius 3 is 2.67 bits per heavy atom. The van der Waals surface area contributed by atoms with Crippen LogP contribution in [0.4, 0.5) is 10.6 Å². The van der Waals surface area contributed by atoms with Crippen molar-refractivity contribution >= 4 is 11.8 Å². The second-order valence-electron chi connectivity index (χ2n) is 6.42. The van der Waals surface area contributed by atoms with Gasteiger partial charge in [-0.25, -0.2) is 9.78 Å². The number of hydrogen-bond donors (Lipinski definition) is 2. The minimum atomic E-state index is -0.372. The Balaban J connectivity index is 1.72. The predicted octanol–water partition coefficient (Wildman–Crippen LogP) is 2.46. The van der Waals surface area contributed by atoms with Crippen molar-refractivity contribution in [2.24, 2.45) is 7.05 Å². The molecule has 2 N–H and O–H groups in total. The smallest absolute Gasteiger partial charge is 0.320 e. The van der Waals surface area contributed by atoms with Crippen molar-refractivity contribution in [2.75, 3.05) is 5.32 Å². The number of nitrogens with one attached hydrogen (secondary N) is 2. The van der Waals surface area contributed by atoms with Gasteiger partial charge >= 0.3 is 6.03 Å². The summed E-state index contributed by atoms with van der Waals surface area (Å²) in [6, 6.07) is 9.79. The molecule has 6 heteroatoms. The largest absolute Gasteiger partial charge is 0.332 e. The average Bonchev–Trinajstić information content (AvgIpc) is 3.00. The molecule has 126 valence electrons. The molecule has 0 aliphatic heterocycles. The van der Waals surface area contributed by atoms with Crippen LogP contribution in [0.3, 0.4) is 0 Å². The van der Waals surface area contributed by atoms with Gasteiger partial charge in [-0.05, 0) is 24.8 Å². The fraction of sp³-hybridized carbons (Fsp3) is 0.389. The van der Waals surface area contributed by atoms with Gasteiger partial charge in [0.05, 0.1) is 0 Å². The van der Waals surface area contributed by atoms with Gasteiger partial charge in [-0.1, -0.05) is 43.2 Å². The summed E-state index contributed by atoms with van der Waals surface area (Å²) in [6.07, 6.45) is 7.91. The van der Waals surface area contributed by atoms with Crippen molar-refractivity contribution in [3.63, 3.8) is 0 Å². The highest BCUT2D eigenvalue weighted by Gasteiger charge is 2.35. The number of anilines is 1. The number of hydrogen-bond acceptors (Lipinski definition) is 3. The molecule has 1 aromatic heterocycles. The van der Waals surface area contributed by atoms with Gasteiger partial charge in [0, 0.05) is 25.0 Å². The Kier molecular flexibility index (Phi) is 4.64. The minimum absolute atomic E-state index is 0.0466. The average molecular weight is 326 g/mol. The zero-order valence-electron chi connectivity index (χ0n) is 13.8. The van der Waals surface area contributed by atoms with Crippen LogP contribution in [0.15, 0.2) is 47.5 Å². The van der Waals surface area contributed by atoms with E-state index in [2.05, 4.69) is 27.8 Å². The monoisotopic (exact) mass is 326 g/mol. The molecule has 0 saturated heterocycles. The highest BCUT2D eigenvalue weighted by atomic mass is 16.2. The predicted molar refractivity (Wildman–Crippen MR) is 93.0 cm³/mol. The highest BCUT2D eigenvalue weighted by molar-refractivity contribution is 5.88. The van der Waals surface area contributed by atoms with E-state index in [0.717, 1.165) is 32.1 Å². The number of urea groups is 1. The van der Waals surface area contributed by atoms with Gasteiger partial charge in [-0.2, -0.15) is 0 Å². The van der Waals surface area contributed by atoms with E-state index in [4.69, 9.17) is 0 Å². The van der Waals surface area contributed by atoms with E-state index >= 15 is 0 Å². The number of carbonyl (C=O) groups is 1. The zero-order valence-corrected chi connectivity index (χ0v) is 13.8. The van der Waals surface area contributed by atoms with Crippen LogP contribution in [0.5, 0.6) is 0 Å². The normalized spacial score (nSPS) is 15.9. The van der Waals surface area contributed by atoms with Crippen LogP contribution in [-0.4, -0.2) is 21.1 Å². The first kappa shape index (κ1) is 16.2. The summed E-state index contributed by atoms with van der Waals surface area (Å²) >= 11 is 0. The summed E-state index contributed by atoms with van der Waals surface area (Å²) in [7, 11) is 1.63. The van der Waals surface area contributed by atoms with Gasteiger partial charge in [-0.3, -0.25) is 10.1 Å². The van der Waals surface area contributed by atoms with Crippen molar-refractivity contribution in [1.29, 1.82) is 0 Å². The molecule has 0 unspecified atom stereocenters. The van der Waals surface area contributed by atoms with Crippen molar-refractivity contribution in [2.45, 2.75) is 37.6 Å². The first-order valence-corrected chi connectivity index (χ1v) is 8.23. The van der Waals surface area contributed by atoms with E-state index in [1.165, 1.54) is 16.3 Å². The molecule has 1 fully saturated rings. The Morgan fingerprint density at radius 2 is 1.96 bits per heavy atom. The van der Waals surface area contributed by atoms with E-state index in [1.54, 1.807) is 13.2 Å². The highest BCUT2D eigenvalue weighted by Crippen LogP contribution is 2.32. The van der Waals surface area contributed by atoms with E-state index in [-0.39, 0.29) is 22.9 Å². The first-order valence-electron chi connectivity index (χ1n) is 8.23. The molecule has 6 nitrogen and oxygen atoms in total. The van der Waals surface area contributed by atoms with E-state index < -0.39 is 0 Å². The molecule has 3 rings (SSSR count). The van der Waals surface area contributed by atoms with Crippen LogP contribution in [0, 0.1) is 0 Å². The Morgan fingerprint density at radius 1 is 1.25 bits per heavy atom. The molecule has 2 aromatic rings. The summed E-state index contributed by atoms with van der Waals surface area (Å²) < 4.78 is 1.39. The zero-order chi connectivity index (χ0) is 17.0. The number of carbonyl (C=O) groups excluding carboxylic acids is 1. The van der Waals surface area contributed by atoms with Crippen molar-refractivity contribution in [3.05, 3.63) is 58.6 Å². The van der Waals surface area contributed by atoms with Crippen LogP contribution in [0.1, 0.15) is 31.2 Å². The van der Waals surface area contributed by atoms with Crippen LogP contribution in [0.25, 0.3) is 0 Å². The van der Waals surface area contributed by atoms with Crippen molar-refractivity contribution < 1.29 is 4.79 Å². The second kappa shape index (κ2) is 6.86. The molecule has 1 aliphatic carbocycles. The maximum absolute atomic E-state index is 12.4. The SMILES string of the molecule is Cn1ccnc(NC(=O)NC2(Cc3ccccc3)CCCC2)c1=O. The lowest BCUT2D eigenvalue weighted by Crippen LogP contribution is -2.50. The lowest BCUT2D eigenvalue weighted by Gasteiger charge is -2.30. The standard InChI is InChI=1S/C18H22N4O2/c1-22-12-11-19-15(16(22)23)20-17(24)21-18(9-5-6-10-18)13-14-7-3-2-4-8-14/h2-4,7-8,11-12H,5-6,9-10,13H2,1H3,(H2,19,20,21,24). The molecule has 1 saturated carbocycles. The molecular weight excluding hydrogens is 304 g/mol. The number of aryl methyl sites for hydroxylation is 1. The Labute approximate surface area is 140 Å². The van der Waals surface area contributed by atoms with Crippen LogP contribution in [0.2, 0.25) is 0 Å². The van der Waals surface area contributed by atoms with Gasteiger partial charge in [0.2, 0.25) is 5.82 Å². The van der Waals surface area contributed by atoms with Crippen molar-refractivity contribution in [3.8, 4) is 0 Å². The molecule has 1 aliphatic rings.